The van der Waals surface area contributed by atoms with Gasteiger partial charge in [-0.15, -0.1) is 0 Å². The fourth-order valence-corrected chi connectivity index (χ4v) is 6.39. The Bertz CT molecular complexity index is 2240. The van der Waals surface area contributed by atoms with E-state index in [2.05, 4.69) is 85.4 Å². The number of aromatic nitrogens is 4. The molecule has 7 rings (SSSR count). The van der Waals surface area contributed by atoms with Gasteiger partial charge in [0, 0.05) is 45.0 Å². The minimum atomic E-state index is -4.37. The summed E-state index contributed by atoms with van der Waals surface area (Å²) in [7, 11) is -4.37. The summed E-state index contributed by atoms with van der Waals surface area (Å²) in [5.74, 6) is 0. The zero-order chi connectivity index (χ0) is 29.9. The highest BCUT2D eigenvalue weighted by atomic mass is 31.2. The molecular weight excluding hydrogens is 555 g/mol. The second-order valence-corrected chi connectivity index (χ2v) is 13.4. The number of aryl methyl sites for hydroxylation is 1. The van der Waals surface area contributed by atoms with Gasteiger partial charge in [-0.2, -0.15) is 0 Å². The molecule has 0 amide bonds. The highest BCUT2D eigenvalue weighted by Crippen LogP contribution is 2.34. The first-order chi connectivity index (χ1) is 20.5. The molecule has 5 aromatic rings. The highest BCUT2D eigenvalue weighted by Gasteiger charge is 2.23. The predicted molar refractivity (Wildman–Crippen MR) is 173 cm³/mol. The summed E-state index contributed by atoms with van der Waals surface area (Å²) in [6.45, 7) is 6.41. The van der Waals surface area contributed by atoms with Crippen LogP contribution in [0.3, 0.4) is 0 Å². The van der Waals surface area contributed by atoms with Crippen LogP contribution in [0.25, 0.3) is 56.5 Å². The average molecular weight is 587 g/mol. The lowest BCUT2D eigenvalue weighted by Crippen LogP contribution is -2.09. The maximum absolute atomic E-state index is 11.9. The molecule has 7 nitrogen and oxygen atoms in total. The Morgan fingerprint density at radius 1 is 0.767 bits per heavy atom. The van der Waals surface area contributed by atoms with Gasteiger partial charge in [0.15, 0.2) is 0 Å². The molecule has 0 saturated heterocycles. The third kappa shape index (κ3) is 5.17. The first-order valence-corrected chi connectivity index (χ1v) is 15.8. The molecule has 8 bridgehead atoms. The summed E-state index contributed by atoms with van der Waals surface area (Å²) in [4.78, 5) is 36.7. The Morgan fingerprint density at radius 3 is 2.05 bits per heavy atom. The predicted octanol–water partition coefficient (Wildman–Crippen LogP) is 5.54. The molecule has 43 heavy (non-hydrogen) atoms. The first kappa shape index (κ1) is 27.3. The first-order valence-electron chi connectivity index (χ1n) is 14.2. The summed E-state index contributed by atoms with van der Waals surface area (Å²) < 4.78 is 11.9. The largest absolute Gasteiger partial charge is 0.356 e. The van der Waals surface area contributed by atoms with Crippen molar-refractivity contribution < 1.29 is 14.4 Å². The van der Waals surface area contributed by atoms with Crippen LogP contribution in [-0.2, 0) is 16.4 Å². The van der Waals surface area contributed by atoms with Crippen LogP contribution in [-0.4, -0.2) is 29.7 Å². The normalized spacial score (nSPS) is 14.3. The van der Waals surface area contributed by atoms with Gasteiger partial charge in [0.2, 0.25) is 0 Å². The van der Waals surface area contributed by atoms with E-state index in [1.54, 1.807) is 12.1 Å². The average Bonchev–Trinajstić information content (AvgIpc) is 3.75. The number of hydrogen-bond acceptors (Lipinski definition) is 3. The zero-order valence-electron chi connectivity index (χ0n) is 24.1. The van der Waals surface area contributed by atoms with E-state index in [1.165, 1.54) is 17.7 Å². The maximum atomic E-state index is 11.9. The fourth-order valence-electron chi connectivity index (χ4n) is 5.85. The van der Waals surface area contributed by atoms with Crippen LogP contribution in [0.15, 0.2) is 84.9 Å². The SMILES string of the molecule is Cc1ccc(-c2c3nc(c(-c4ccc(P(=O)(O)O)cc4)c4ccc(cc5nc(cc6ccc2[nH]6)C(C)(C)C=5)[nH]4)=CC3)cc1. The van der Waals surface area contributed by atoms with Crippen LogP contribution in [0, 0.1) is 6.92 Å². The standard InChI is InChI=1S/C35H31N4O3P/c1-21-4-6-22(7-5-21)33-29-15-11-25(37-29)19-32-35(2,3)20-26(38-32)18-24-10-14-28(36-24)34(31-17-16-30(33)39-31)23-8-12-27(13-9-23)43(40,41)42/h4-15,17-20,36-37H,16H2,1-3H3,(H2,40,41,42). The summed E-state index contributed by atoms with van der Waals surface area (Å²) in [6, 6.07) is 27.3. The van der Waals surface area contributed by atoms with E-state index in [1.807, 2.05) is 18.2 Å². The van der Waals surface area contributed by atoms with E-state index >= 15 is 0 Å². The van der Waals surface area contributed by atoms with E-state index in [9.17, 15) is 14.4 Å². The Morgan fingerprint density at radius 2 is 1.37 bits per heavy atom. The molecule has 3 aromatic heterocycles. The van der Waals surface area contributed by atoms with E-state index in [0.717, 1.165) is 66.4 Å². The number of H-pyrrole nitrogens is 2. The van der Waals surface area contributed by atoms with Crippen molar-refractivity contribution in [1.29, 1.82) is 0 Å². The molecule has 4 N–H and O–H groups in total. The van der Waals surface area contributed by atoms with E-state index in [-0.39, 0.29) is 10.7 Å². The third-order valence-electron chi connectivity index (χ3n) is 8.09. The Labute approximate surface area is 248 Å². The van der Waals surface area contributed by atoms with Crippen molar-refractivity contribution >= 4 is 47.1 Å². The monoisotopic (exact) mass is 586 g/mol. The second-order valence-electron chi connectivity index (χ2n) is 11.8. The number of aromatic amines is 2. The van der Waals surface area contributed by atoms with Crippen LogP contribution < -0.4 is 16.0 Å². The van der Waals surface area contributed by atoms with Crippen LogP contribution in [0.4, 0.5) is 0 Å². The van der Waals surface area contributed by atoms with Crippen LogP contribution in [0.1, 0.15) is 30.8 Å². The Balaban J connectivity index is 1.61. The molecule has 8 heteroatoms. The number of rotatable bonds is 3. The smallest absolute Gasteiger partial charge is 0.355 e. The molecule has 0 atom stereocenters. The molecule has 2 aromatic carbocycles. The van der Waals surface area contributed by atoms with Crippen molar-refractivity contribution in [1.82, 2.24) is 19.9 Å². The van der Waals surface area contributed by atoms with Gasteiger partial charge in [0.25, 0.3) is 0 Å². The van der Waals surface area contributed by atoms with Crippen molar-refractivity contribution in [3.05, 3.63) is 113 Å². The van der Waals surface area contributed by atoms with Gasteiger partial charge in [0.05, 0.1) is 27.4 Å². The van der Waals surface area contributed by atoms with Gasteiger partial charge in [-0.1, -0.05) is 61.9 Å². The van der Waals surface area contributed by atoms with Crippen molar-refractivity contribution in [3.8, 4) is 22.3 Å². The molecule has 0 radical (unpaired) electrons. The van der Waals surface area contributed by atoms with Crippen molar-refractivity contribution in [2.45, 2.75) is 32.6 Å². The third-order valence-corrected chi connectivity index (χ3v) is 9.06. The van der Waals surface area contributed by atoms with Gasteiger partial charge in [-0.05, 0) is 72.7 Å². The summed E-state index contributed by atoms with van der Waals surface area (Å²) in [5, 5.41) is 1.65. The summed E-state index contributed by atoms with van der Waals surface area (Å²) >= 11 is 0. The summed E-state index contributed by atoms with van der Waals surface area (Å²) in [6.07, 6.45) is 4.92. The maximum Gasteiger partial charge on any atom is 0.356 e. The molecule has 0 unspecified atom stereocenters. The molecule has 0 spiro atoms. The molecular formula is C35H31N4O3P. The van der Waals surface area contributed by atoms with Crippen molar-refractivity contribution in [2.24, 2.45) is 0 Å². The van der Waals surface area contributed by atoms with Gasteiger partial charge in [-0.3, -0.25) is 14.5 Å². The molecule has 0 aliphatic carbocycles. The van der Waals surface area contributed by atoms with Crippen LogP contribution >= 0.6 is 7.60 Å². The lowest BCUT2D eigenvalue weighted by molar-refractivity contribution is 0.387. The number of nitrogens with one attached hydrogen (secondary N) is 2. The van der Waals surface area contributed by atoms with Crippen LogP contribution in [0.2, 0.25) is 0 Å². The van der Waals surface area contributed by atoms with Gasteiger partial charge in [0.1, 0.15) is 0 Å². The van der Waals surface area contributed by atoms with E-state index in [0.29, 0.717) is 6.42 Å². The topological polar surface area (TPSA) is 115 Å². The van der Waals surface area contributed by atoms with E-state index < -0.39 is 7.60 Å². The van der Waals surface area contributed by atoms with E-state index in [4.69, 9.17) is 9.97 Å². The number of hydrogen-bond donors (Lipinski definition) is 4. The number of fused-ring (bicyclic) bond motifs is 8. The van der Waals surface area contributed by atoms with Crippen LogP contribution in [0.5, 0.6) is 0 Å². The fraction of sp³-hybridized carbons (Fsp3) is 0.143. The molecule has 5 heterocycles. The molecule has 0 fully saturated rings. The quantitative estimate of drug-likeness (QED) is 0.207. The van der Waals surface area contributed by atoms with Gasteiger partial charge >= 0.3 is 7.60 Å². The number of nitrogens with zero attached hydrogens (tertiary/aromatic N) is 2. The molecule has 0 saturated carbocycles. The lowest BCUT2D eigenvalue weighted by atomic mass is 9.90. The molecule has 2 aliphatic heterocycles. The van der Waals surface area contributed by atoms with Gasteiger partial charge in [-0.25, -0.2) is 0 Å². The molecule has 214 valence electrons. The Kier molecular flexibility index (Phi) is 6.36. The molecule has 2 aliphatic rings. The van der Waals surface area contributed by atoms with Crippen molar-refractivity contribution in [3.63, 3.8) is 0 Å². The van der Waals surface area contributed by atoms with Gasteiger partial charge < -0.3 is 19.8 Å². The minimum absolute atomic E-state index is 0.0195. The zero-order valence-corrected chi connectivity index (χ0v) is 25.0. The number of benzene rings is 2. The highest BCUT2D eigenvalue weighted by molar-refractivity contribution is 7.60. The van der Waals surface area contributed by atoms with Crippen molar-refractivity contribution in [2.75, 3.05) is 0 Å². The Hall–Kier alpha value is -4.55. The summed E-state index contributed by atoms with van der Waals surface area (Å²) in [5.41, 5.74) is 10.3. The lowest BCUT2D eigenvalue weighted by Gasteiger charge is -2.13. The second kappa shape index (κ2) is 10.0. The minimum Gasteiger partial charge on any atom is -0.355 e.